The molecule has 1 aliphatic heterocycles. The minimum Gasteiger partial charge on any atom is -0.493 e. The van der Waals surface area contributed by atoms with E-state index in [-0.39, 0.29) is 5.69 Å². The van der Waals surface area contributed by atoms with Gasteiger partial charge >= 0.3 is 5.97 Å². The number of hydrogen-bond acceptors (Lipinski definition) is 7. The molecule has 2 N–H and O–H groups in total. The third-order valence-electron chi connectivity index (χ3n) is 7.34. The van der Waals surface area contributed by atoms with Crippen LogP contribution in [0.3, 0.4) is 0 Å². The Morgan fingerprint density at radius 1 is 1.11 bits per heavy atom. The van der Waals surface area contributed by atoms with Gasteiger partial charge in [0.25, 0.3) is 0 Å². The van der Waals surface area contributed by atoms with E-state index in [0.29, 0.717) is 24.5 Å². The summed E-state index contributed by atoms with van der Waals surface area (Å²) >= 11 is 10.0. The van der Waals surface area contributed by atoms with Crippen LogP contribution in [0.5, 0.6) is 5.75 Å². The van der Waals surface area contributed by atoms with Crippen LogP contribution in [0.25, 0.3) is 16.8 Å². The van der Waals surface area contributed by atoms with Gasteiger partial charge in [-0.2, -0.15) is 10.2 Å². The van der Waals surface area contributed by atoms with Crippen molar-refractivity contribution in [1.29, 1.82) is 0 Å². The van der Waals surface area contributed by atoms with Crippen molar-refractivity contribution in [3.63, 3.8) is 0 Å². The molecule has 0 radical (unpaired) electrons. The summed E-state index contributed by atoms with van der Waals surface area (Å²) < 4.78 is 8.00. The molecule has 4 bridgehead atoms. The highest BCUT2D eigenvalue weighted by Gasteiger charge is 2.18. The lowest BCUT2D eigenvalue weighted by atomic mass is 10.0. The zero-order valence-corrected chi connectivity index (χ0v) is 27.9. The van der Waals surface area contributed by atoms with Crippen molar-refractivity contribution < 1.29 is 14.6 Å². The number of H-pyrrole nitrogens is 1. The van der Waals surface area contributed by atoms with Gasteiger partial charge in [0.15, 0.2) is 0 Å². The minimum absolute atomic E-state index is 0.266. The Morgan fingerprint density at radius 2 is 1.96 bits per heavy atom. The highest BCUT2D eigenvalue weighted by molar-refractivity contribution is 7.99. The SMILES string of the molecule is C\C1=C/C=C(Cl)/C=C\c2cn(C)c(C(=O)O)c2CCCOc2cc(cc3ccccc23)SCc2cc(n[nH]2)CSC/C=N/N1C. The second kappa shape index (κ2) is 15.4. The Balaban J connectivity index is 1.43. The average molecular weight is 662 g/mol. The lowest BCUT2D eigenvalue weighted by molar-refractivity contribution is 0.0685. The normalized spacial score (nSPS) is 19.4. The number of aromatic nitrogens is 3. The maximum atomic E-state index is 12.2. The monoisotopic (exact) mass is 661 g/mol. The Morgan fingerprint density at radius 3 is 2.80 bits per heavy atom. The van der Waals surface area contributed by atoms with Crippen molar-refractivity contribution in [2.75, 3.05) is 19.4 Å². The van der Waals surface area contributed by atoms with Crippen molar-refractivity contribution in [2.45, 2.75) is 36.2 Å². The number of aryl methyl sites for hydroxylation is 1. The Kier molecular flexibility index (Phi) is 11.2. The van der Waals surface area contributed by atoms with Crippen molar-refractivity contribution in [3.05, 3.63) is 106 Å². The van der Waals surface area contributed by atoms with E-state index in [1.165, 1.54) is 0 Å². The number of carbonyl (C=O) groups is 1. The molecule has 0 aliphatic carbocycles. The molecule has 0 unspecified atom stereocenters. The van der Waals surface area contributed by atoms with Gasteiger partial charge in [0.1, 0.15) is 11.4 Å². The molecule has 0 saturated heterocycles. The van der Waals surface area contributed by atoms with Gasteiger partial charge in [-0.05, 0) is 72.7 Å². The number of aromatic carboxylic acids is 1. The van der Waals surface area contributed by atoms with E-state index in [4.69, 9.17) is 16.3 Å². The number of allylic oxidation sites excluding steroid dienone is 5. The summed E-state index contributed by atoms with van der Waals surface area (Å²) in [4.78, 5) is 13.3. The van der Waals surface area contributed by atoms with E-state index in [0.717, 1.165) is 66.9 Å². The van der Waals surface area contributed by atoms with Crippen LogP contribution in [-0.2, 0) is 25.0 Å². The Hall–Kier alpha value is -3.86. The molecule has 0 atom stereocenters. The molecule has 0 spiro atoms. The maximum absolute atomic E-state index is 12.2. The van der Waals surface area contributed by atoms with Crippen LogP contribution >= 0.6 is 35.1 Å². The van der Waals surface area contributed by atoms with Gasteiger partial charge in [0, 0.05) is 70.5 Å². The quantitative estimate of drug-likeness (QED) is 0.213. The fourth-order valence-electron chi connectivity index (χ4n) is 4.98. The number of hydrazone groups is 1. The van der Waals surface area contributed by atoms with Crippen LogP contribution in [0.4, 0.5) is 0 Å². The maximum Gasteiger partial charge on any atom is 0.352 e. The second-order valence-corrected chi connectivity index (χ2v) is 13.1. The summed E-state index contributed by atoms with van der Waals surface area (Å²) in [5.41, 5.74) is 4.83. The van der Waals surface area contributed by atoms with Gasteiger partial charge < -0.3 is 14.4 Å². The van der Waals surface area contributed by atoms with Crippen molar-refractivity contribution >= 4 is 64.2 Å². The van der Waals surface area contributed by atoms with E-state index < -0.39 is 5.97 Å². The Labute approximate surface area is 276 Å². The lowest BCUT2D eigenvalue weighted by Crippen LogP contribution is -2.08. The van der Waals surface area contributed by atoms with Crippen LogP contribution in [0.1, 0.15) is 46.3 Å². The fraction of sp³-hybridized carbons (Fsp3) is 0.265. The molecule has 0 saturated carbocycles. The summed E-state index contributed by atoms with van der Waals surface area (Å²) in [7, 11) is 3.64. The summed E-state index contributed by atoms with van der Waals surface area (Å²) in [5, 5.41) is 26.6. The predicted octanol–water partition coefficient (Wildman–Crippen LogP) is 8.11. The number of benzene rings is 2. The van der Waals surface area contributed by atoms with Crippen LogP contribution in [0.2, 0.25) is 0 Å². The molecule has 234 valence electrons. The smallest absolute Gasteiger partial charge is 0.352 e. The van der Waals surface area contributed by atoms with E-state index >= 15 is 0 Å². The number of rotatable bonds is 1. The molecule has 2 aromatic heterocycles. The summed E-state index contributed by atoms with van der Waals surface area (Å²) in [6, 6.07) is 14.6. The third kappa shape index (κ3) is 8.65. The van der Waals surface area contributed by atoms with Crippen LogP contribution in [0.15, 0.2) is 87.6 Å². The summed E-state index contributed by atoms with van der Waals surface area (Å²) in [6.07, 6.45) is 12.2. The highest BCUT2D eigenvalue weighted by atomic mass is 35.5. The molecule has 11 heteroatoms. The first-order chi connectivity index (χ1) is 21.8. The Bertz CT molecular complexity index is 1790. The fourth-order valence-corrected chi connectivity index (χ4v) is 6.63. The number of carboxylic acid groups (broad SMARTS) is 1. The van der Waals surface area contributed by atoms with Gasteiger partial charge in [-0.15, -0.1) is 23.5 Å². The van der Waals surface area contributed by atoms with E-state index in [1.807, 2.05) is 50.7 Å². The molecule has 0 fully saturated rings. The first-order valence-electron chi connectivity index (χ1n) is 14.6. The van der Waals surface area contributed by atoms with Gasteiger partial charge in [0.2, 0.25) is 0 Å². The second-order valence-electron chi connectivity index (χ2n) is 10.6. The summed E-state index contributed by atoms with van der Waals surface area (Å²) in [5.74, 6) is 2.16. The molecule has 4 aromatic rings. The molecule has 45 heavy (non-hydrogen) atoms. The molecular weight excluding hydrogens is 626 g/mol. The molecule has 1 aliphatic rings. The number of nitrogens with zero attached hydrogens (tertiary/aromatic N) is 4. The average Bonchev–Trinajstić information content (AvgIpc) is 3.62. The number of aromatic amines is 1. The lowest BCUT2D eigenvalue weighted by Gasteiger charge is -2.12. The van der Waals surface area contributed by atoms with Crippen LogP contribution < -0.4 is 4.74 Å². The van der Waals surface area contributed by atoms with E-state index in [2.05, 4.69) is 45.6 Å². The summed E-state index contributed by atoms with van der Waals surface area (Å²) in [6.45, 7) is 2.40. The zero-order valence-electron chi connectivity index (χ0n) is 25.5. The minimum atomic E-state index is -0.963. The number of hydrogen-bond donors (Lipinski definition) is 2. The third-order valence-corrected chi connectivity index (χ3v) is 9.50. The van der Waals surface area contributed by atoms with Gasteiger partial charge in [-0.1, -0.05) is 41.9 Å². The molecule has 3 heterocycles. The van der Waals surface area contributed by atoms with Crippen molar-refractivity contribution in [1.82, 2.24) is 19.8 Å². The molecule has 0 amide bonds. The topological polar surface area (TPSA) is 95.7 Å². The van der Waals surface area contributed by atoms with E-state index in [1.54, 1.807) is 52.3 Å². The number of thioether (sulfide) groups is 2. The number of halogens is 1. The molecule has 2 aromatic carbocycles. The standard InChI is InChI=1S/C34H36ClN5O3S2/c1-23-10-12-26(35)13-11-25-20-39(2)33(34(41)42)31(25)9-6-15-43-32-19-29(17-24-7-4-5-8-30(24)32)45-22-28-18-27(37-38-28)21-44-16-14-36-40(23)3/h4-5,7-8,10-14,17-20H,6,9,15-16,21-22H2,1-3H3,(H,37,38)(H,41,42)/b13-11-,23-10+,26-12-,36-14+. The van der Waals surface area contributed by atoms with Crippen molar-refractivity contribution in [2.24, 2.45) is 12.1 Å². The van der Waals surface area contributed by atoms with Crippen LogP contribution in [0, 0.1) is 0 Å². The van der Waals surface area contributed by atoms with Gasteiger partial charge in [-0.25, -0.2) is 4.79 Å². The van der Waals surface area contributed by atoms with Gasteiger partial charge in [0.05, 0.1) is 12.3 Å². The number of nitrogens with one attached hydrogen (secondary N) is 1. The first-order valence-corrected chi connectivity index (χ1v) is 17.1. The zero-order chi connectivity index (χ0) is 31.8. The molecule has 8 nitrogen and oxygen atoms in total. The number of ether oxygens (including phenoxy) is 1. The highest BCUT2D eigenvalue weighted by Crippen LogP contribution is 2.34. The van der Waals surface area contributed by atoms with E-state index in [9.17, 15) is 9.90 Å². The van der Waals surface area contributed by atoms with Gasteiger partial charge in [-0.3, -0.25) is 10.1 Å². The molecular formula is C34H36ClN5O3S2. The predicted molar refractivity (Wildman–Crippen MR) is 187 cm³/mol. The largest absolute Gasteiger partial charge is 0.493 e. The number of carboxylic acids is 1. The number of fused-ring (bicyclic) bond motifs is 7. The van der Waals surface area contributed by atoms with Crippen molar-refractivity contribution in [3.8, 4) is 5.75 Å². The molecule has 5 rings (SSSR count). The first kappa shape index (κ1) is 32.5. The van der Waals surface area contributed by atoms with Crippen LogP contribution in [-0.4, -0.2) is 56.5 Å².